The van der Waals surface area contributed by atoms with Gasteiger partial charge >= 0.3 is 0 Å². The number of halogens is 3. The van der Waals surface area contributed by atoms with Crippen molar-refractivity contribution in [1.82, 2.24) is 0 Å². The molecule has 0 saturated carbocycles. The summed E-state index contributed by atoms with van der Waals surface area (Å²) in [5, 5.41) is 11.5. The molecule has 0 aliphatic heterocycles. The second-order valence-corrected chi connectivity index (χ2v) is 6.25. The zero-order valence-electron chi connectivity index (χ0n) is 10.8. The Morgan fingerprint density at radius 1 is 1.45 bits per heavy atom. The number of ether oxygens (including phenoxy) is 1. The van der Waals surface area contributed by atoms with Crippen molar-refractivity contribution in [3.8, 4) is 11.8 Å². The van der Waals surface area contributed by atoms with Gasteiger partial charge in [-0.15, -0.1) is 0 Å². The van der Waals surface area contributed by atoms with Crippen LogP contribution in [0.1, 0.15) is 25.3 Å². The largest absolute Gasteiger partial charge is 0.494 e. The molecule has 1 amide bonds. The first-order valence-corrected chi connectivity index (χ1v) is 7.07. The van der Waals surface area contributed by atoms with Crippen LogP contribution in [0.3, 0.4) is 0 Å². The van der Waals surface area contributed by atoms with Gasteiger partial charge in [0.2, 0.25) is 0 Å². The molecule has 0 aliphatic rings. The van der Waals surface area contributed by atoms with Crippen molar-refractivity contribution in [2.24, 2.45) is 0 Å². The first kappa shape index (κ1) is 16.9. The lowest BCUT2D eigenvalue weighted by Crippen LogP contribution is -2.27. The Kier molecular flexibility index (Phi) is 6.41. The molecule has 0 spiro atoms. The number of amides is 1. The molecule has 0 unspecified atom stereocenters. The van der Waals surface area contributed by atoms with Crippen LogP contribution in [0.2, 0.25) is 0 Å². The molecule has 0 radical (unpaired) electrons. The Morgan fingerprint density at radius 2 is 2.15 bits per heavy atom. The Morgan fingerprint density at radius 3 is 2.70 bits per heavy atom. The lowest BCUT2D eigenvalue weighted by atomic mass is 10.2. The summed E-state index contributed by atoms with van der Waals surface area (Å²) in [6.07, 6.45) is 1.94. The van der Waals surface area contributed by atoms with E-state index in [2.05, 4.69) is 12.2 Å². The molecule has 4 nitrogen and oxygen atoms in total. The molecule has 1 rings (SSSR count). The molecule has 0 saturated heterocycles. The number of anilines is 1. The summed E-state index contributed by atoms with van der Waals surface area (Å²) in [5.74, 6) is -0.263. The minimum absolute atomic E-state index is 0.238. The van der Waals surface area contributed by atoms with Gasteiger partial charge in [-0.25, -0.2) is 0 Å². The summed E-state index contributed by atoms with van der Waals surface area (Å²) in [4.78, 5) is 11.6. The number of nitrogens with zero attached hydrogens (tertiary/aromatic N) is 1. The van der Waals surface area contributed by atoms with Gasteiger partial charge in [-0.05, 0) is 24.6 Å². The van der Waals surface area contributed by atoms with E-state index < -0.39 is 9.70 Å². The van der Waals surface area contributed by atoms with Crippen LogP contribution in [-0.4, -0.2) is 16.3 Å². The minimum Gasteiger partial charge on any atom is -0.494 e. The van der Waals surface area contributed by atoms with E-state index in [1.807, 2.05) is 6.07 Å². The van der Waals surface area contributed by atoms with Crippen molar-refractivity contribution in [2.45, 2.75) is 23.6 Å². The fraction of sp³-hybridized carbons (Fsp3) is 0.385. The number of benzene rings is 1. The first-order valence-electron chi connectivity index (χ1n) is 5.93. The SMILES string of the molecule is CCCCOc1ccc(NC(=O)C(Cl)(Cl)Cl)c(C#N)c1. The number of rotatable bonds is 5. The van der Waals surface area contributed by atoms with E-state index in [-0.39, 0.29) is 11.3 Å². The van der Waals surface area contributed by atoms with E-state index in [0.29, 0.717) is 12.4 Å². The third-order valence-electron chi connectivity index (χ3n) is 2.38. The molecule has 1 aromatic carbocycles. The number of hydrogen-bond donors (Lipinski definition) is 1. The van der Waals surface area contributed by atoms with E-state index in [4.69, 9.17) is 44.8 Å². The van der Waals surface area contributed by atoms with Gasteiger partial charge in [-0.2, -0.15) is 5.26 Å². The highest BCUT2D eigenvalue weighted by atomic mass is 35.6. The van der Waals surface area contributed by atoms with Gasteiger partial charge in [-0.3, -0.25) is 4.79 Å². The summed E-state index contributed by atoms with van der Waals surface area (Å²) in [5.41, 5.74) is 0.508. The van der Waals surface area contributed by atoms with Crippen molar-refractivity contribution in [3.63, 3.8) is 0 Å². The van der Waals surface area contributed by atoms with Crippen LogP contribution < -0.4 is 10.1 Å². The van der Waals surface area contributed by atoms with Crippen molar-refractivity contribution in [2.75, 3.05) is 11.9 Å². The highest BCUT2D eigenvalue weighted by Gasteiger charge is 2.31. The fourth-order valence-electron chi connectivity index (χ4n) is 1.34. The molecule has 0 aromatic heterocycles. The lowest BCUT2D eigenvalue weighted by Gasteiger charge is -2.13. The summed E-state index contributed by atoms with van der Waals surface area (Å²) < 4.78 is 3.39. The Balaban J connectivity index is 2.84. The van der Waals surface area contributed by atoms with Crippen LogP contribution in [0.25, 0.3) is 0 Å². The van der Waals surface area contributed by atoms with Gasteiger partial charge < -0.3 is 10.1 Å². The second kappa shape index (κ2) is 7.58. The van der Waals surface area contributed by atoms with Gasteiger partial charge in [0, 0.05) is 0 Å². The number of hydrogen-bond acceptors (Lipinski definition) is 3. The van der Waals surface area contributed by atoms with Crippen molar-refractivity contribution in [3.05, 3.63) is 23.8 Å². The summed E-state index contributed by atoms with van der Waals surface area (Å²) in [6, 6.07) is 6.67. The standard InChI is InChI=1S/C13H13Cl3N2O2/c1-2-3-6-20-10-4-5-11(9(7-10)8-17)18-12(19)13(14,15)16/h4-5,7H,2-3,6H2,1H3,(H,18,19). The zero-order valence-corrected chi connectivity index (χ0v) is 13.0. The predicted molar refractivity (Wildman–Crippen MR) is 80.5 cm³/mol. The monoisotopic (exact) mass is 334 g/mol. The van der Waals surface area contributed by atoms with Gasteiger partial charge in [0.15, 0.2) is 0 Å². The average molecular weight is 336 g/mol. The third kappa shape index (κ3) is 5.09. The summed E-state index contributed by atoms with van der Waals surface area (Å²) in [7, 11) is 0. The maximum absolute atomic E-state index is 11.6. The highest BCUT2D eigenvalue weighted by Crippen LogP contribution is 2.29. The minimum atomic E-state index is -2.08. The highest BCUT2D eigenvalue weighted by molar-refractivity contribution is 6.76. The number of carbonyl (C=O) groups is 1. The van der Waals surface area contributed by atoms with Crippen molar-refractivity contribution >= 4 is 46.4 Å². The van der Waals surface area contributed by atoms with E-state index in [0.717, 1.165) is 12.8 Å². The van der Waals surface area contributed by atoms with Crippen LogP contribution in [0.5, 0.6) is 5.75 Å². The summed E-state index contributed by atoms with van der Waals surface area (Å²) in [6.45, 7) is 2.63. The molecule has 1 N–H and O–H groups in total. The molecule has 0 aliphatic carbocycles. The molecule has 108 valence electrons. The number of nitriles is 1. The molecular weight excluding hydrogens is 323 g/mol. The van der Waals surface area contributed by atoms with E-state index in [1.165, 1.54) is 12.1 Å². The fourth-order valence-corrected chi connectivity index (χ4v) is 1.48. The zero-order chi connectivity index (χ0) is 15.2. The molecule has 0 atom stereocenters. The smallest absolute Gasteiger partial charge is 0.276 e. The number of unbranched alkanes of at least 4 members (excludes halogenated alkanes) is 1. The molecule has 7 heteroatoms. The Bertz CT molecular complexity index is 521. The lowest BCUT2D eigenvalue weighted by molar-refractivity contribution is -0.115. The maximum Gasteiger partial charge on any atom is 0.276 e. The topological polar surface area (TPSA) is 62.1 Å². The third-order valence-corrected chi connectivity index (χ3v) is 2.90. The molecule has 1 aromatic rings. The Labute approximate surface area is 132 Å². The Hall–Kier alpha value is -1.15. The van der Waals surface area contributed by atoms with Gasteiger partial charge in [0.05, 0.1) is 17.9 Å². The van der Waals surface area contributed by atoms with Crippen molar-refractivity contribution in [1.29, 1.82) is 5.26 Å². The van der Waals surface area contributed by atoms with Gasteiger partial charge in [0.25, 0.3) is 9.70 Å². The van der Waals surface area contributed by atoms with Crippen LogP contribution in [0, 0.1) is 11.3 Å². The van der Waals surface area contributed by atoms with Crippen molar-refractivity contribution < 1.29 is 9.53 Å². The van der Waals surface area contributed by atoms with Crippen LogP contribution >= 0.6 is 34.8 Å². The molecule has 0 heterocycles. The second-order valence-electron chi connectivity index (χ2n) is 3.97. The molecule has 0 fully saturated rings. The predicted octanol–water partition coefficient (Wildman–Crippen LogP) is 4.05. The van der Waals surface area contributed by atoms with E-state index in [9.17, 15) is 4.79 Å². The molecular formula is C13H13Cl3N2O2. The van der Waals surface area contributed by atoms with Crippen LogP contribution in [0.15, 0.2) is 18.2 Å². The van der Waals surface area contributed by atoms with E-state index in [1.54, 1.807) is 6.07 Å². The number of carbonyl (C=O) groups excluding carboxylic acids is 1. The van der Waals surface area contributed by atoms with Crippen LogP contribution in [0.4, 0.5) is 5.69 Å². The quantitative estimate of drug-likeness (QED) is 0.652. The number of alkyl halides is 3. The molecule has 20 heavy (non-hydrogen) atoms. The first-order chi connectivity index (χ1) is 9.38. The summed E-state index contributed by atoms with van der Waals surface area (Å²) >= 11 is 16.4. The van der Waals surface area contributed by atoms with Gasteiger partial charge in [0.1, 0.15) is 11.8 Å². The van der Waals surface area contributed by atoms with Crippen LogP contribution in [-0.2, 0) is 4.79 Å². The maximum atomic E-state index is 11.6. The normalized spacial score (nSPS) is 10.8. The van der Waals surface area contributed by atoms with Gasteiger partial charge in [-0.1, -0.05) is 48.1 Å². The molecule has 0 bridgehead atoms. The van der Waals surface area contributed by atoms with E-state index >= 15 is 0 Å². The average Bonchev–Trinajstić information content (AvgIpc) is 2.39. The number of nitrogens with one attached hydrogen (secondary N) is 1.